The number of likely N-dealkylation sites (N-methyl/N-ethyl adjacent to an activating group) is 1. The molecular formula is C36H43N9O4. The first-order chi connectivity index (χ1) is 23.5. The van der Waals surface area contributed by atoms with Crippen molar-refractivity contribution in [1.29, 1.82) is 0 Å². The third-order valence-corrected chi connectivity index (χ3v) is 8.92. The Morgan fingerprint density at radius 3 is 2.59 bits per heavy atom. The molecule has 2 atom stereocenters. The highest BCUT2D eigenvalue weighted by Crippen LogP contribution is 2.38. The molecule has 0 unspecified atom stereocenters. The fraction of sp³-hybridized carbons (Fsp3) is 0.417. The van der Waals surface area contributed by atoms with Crippen molar-refractivity contribution in [2.75, 3.05) is 32.5 Å². The summed E-state index contributed by atoms with van der Waals surface area (Å²) in [6.45, 7) is 6.92. The van der Waals surface area contributed by atoms with Gasteiger partial charge in [0.15, 0.2) is 11.9 Å². The number of carbonyl (C=O) groups is 3. The lowest BCUT2D eigenvalue weighted by Crippen LogP contribution is -2.49. The number of benzene rings is 1. The van der Waals surface area contributed by atoms with Crippen LogP contribution in [-0.2, 0) is 15.7 Å². The zero-order chi connectivity index (χ0) is 34.8. The second-order valence-corrected chi connectivity index (χ2v) is 14.0. The molecule has 3 heterocycles. The van der Waals surface area contributed by atoms with Gasteiger partial charge < -0.3 is 20.3 Å². The van der Waals surface area contributed by atoms with Crippen LogP contribution in [0.5, 0.6) is 5.75 Å². The number of ether oxygens (including phenoxy) is 1. The number of amides is 3. The van der Waals surface area contributed by atoms with Gasteiger partial charge in [-0.2, -0.15) is 0 Å². The van der Waals surface area contributed by atoms with E-state index in [1.54, 1.807) is 24.3 Å². The molecule has 3 N–H and O–H groups in total. The topological polar surface area (TPSA) is 156 Å². The lowest BCUT2D eigenvalue weighted by molar-refractivity contribution is -0.111. The average molecular weight is 666 g/mol. The molecule has 4 aromatic rings. The second kappa shape index (κ2) is 13.7. The number of aromatic nitrogens is 5. The molecule has 1 fully saturated rings. The Hall–Kier alpha value is -5.17. The normalized spacial score (nSPS) is 19.1. The Morgan fingerprint density at radius 1 is 1.08 bits per heavy atom. The van der Waals surface area contributed by atoms with E-state index in [1.165, 1.54) is 12.8 Å². The van der Waals surface area contributed by atoms with Crippen molar-refractivity contribution in [1.82, 2.24) is 40.1 Å². The monoisotopic (exact) mass is 665 g/mol. The molecule has 49 heavy (non-hydrogen) atoms. The predicted molar refractivity (Wildman–Crippen MR) is 185 cm³/mol. The van der Waals surface area contributed by atoms with Crippen LogP contribution in [0.15, 0.2) is 60.8 Å². The van der Waals surface area contributed by atoms with E-state index in [4.69, 9.17) is 4.74 Å². The molecule has 256 valence electrons. The van der Waals surface area contributed by atoms with Crippen LogP contribution in [0.25, 0.3) is 5.65 Å². The number of hydrogen-bond donors (Lipinski definition) is 3. The molecule has 0 aliphatic heterocycles. The largest absolute Gasteiger partial charge is 0.480 e. The first kappa shape index (κ1) is 33.7. The summed E-state index contributed by atoms with van der Waals surface area (Å²) < 4.78 is 8.47. The van der Waals surface area contributed by atoms with Gasteiger partial charge in [0, 0.05) is 36.1 Å². The van der Waals surface area contributed by atoms with Gasteiger partial charge in [-0.05, 0) is 56.8 Å². The number of nitrogens with zero attached hydrogens (tertiary/aromatic N) is 6. The number of aldehydes is 1. The van der Waals surface area contributed by atoms with Crippen LogP contribution in [0.2, 0.25) is 0 Å². The summed E-state index contributed by atoms with van der Waals surface area (Å²) in [7, 11) is 3.82. The zero-order valence-corrected chi connectivity index (χ0v) is 28.6. The maximum absolute atomic E-state index is 13.5. The summed E-state index contributed by atoms with van der Waals surface area (Å²) in [6, 6.07) is 12.0. The molecular weight excluding hydrogens is 622 g/mol. The van der Waals surface area contributed by atoms with Gasteiger partial charge in [-0.3, -0.25) is 19.3 Å². The molecule has 2 aliphatic carbocycles. The molecule has 6 rings (SSSR count). The molecule has 13 heteroatoms. The minimum Gasteiger partial charge on any atom is -0.480 e. The molecule has 3 amide bonds. The van der Waals surface area contributed by atoms with E-state index in [1.807, 2.05) is 80.7 Å². The predicted octanol–water partition coefficient (Wildman–Crippen LogP) is 4.67. The standard InChI is InChI=1S/C36H43N9O4/c1-35(2,3)28-20-29(39-31(38-28)33(47)37-18-19-44(4)5)40-34(48)41-36(22-46)17-16-27(25-12-8-9-13-26(25)36)49-24-14-15-30-42-43-32(45(30)21-24)23-10-6-7-11-23/h8-9,12-17,20-23,27H,6-7,10-11,18-19H2,1-5H3,(H,37,47)(H2,38,39,40,41,48)/t27-,36-/m1/s1. The molecule has 1 saturated carbocycles. The summed E-state index contributed by atoms with van der Waals surface area (Å²) in [6.07, 6.45) is 10.1. The summed E-state index contributed by atoms with van der Waals surface area (Å²) in [4.78, 5) is 50.0. The number of fused-ring (bicyclic) bond motifs is 2. The van der Waals surface area contributed by atoms with Crippen molar-refractivity contribution < 1.29 is 19.1 Å². The van der Waals surface area contributed by atoms with Gasteiger partial charge in [-0.15, -0.1) is 10.2 Å². The minimum absolute atomic E-state index is 0.0606. The number of hydrogen-bond acceptors (Lipinski definition) is 9. The summed E-state index contributed by atoms with van der Waals surface area (Å²) in [5.41, 5.74) is 0.716. The highest BCUT2D eigenvalue weighted by atomic mass is 16.5. The van der Waals surface area contributed by atoms with Gasteiger partial charge in [-0.25, -0.2) is 14.8 Å². The van der Waals surface area contributed by atoms with Gasteiger partial charge >= 0.3 is 6.03 Å². The van der Waals surface area contributed by atoms with Crippen LogP contribution in [0.3, 0.4) is 0 Å². The van der Waals surface area contributed by atoms with Crippen LogP contribution < -0.4 is 20.7 Å². The zero-order valence-electron chi connectivity index (χ0n) is 28.6. The first-order valence-corrected chi connectivity index (χ1v) is 16.6. The van der Waals surface area contributed by atoms with Crippen LogP contribution in [-0.4, -0.2) is 74.9 Å². The van der Waals surface area contributed by atoms with Gasteiger partial charge in [-0.1, -0.05) is 57.9 Å². The molecule has 13 nitrogen and oxygen atoms in total. The number of nitrogens with one attached hydrogen (secondary N) is 3. The lowest BCUT2D eigenvalue weighted by atomic mass is 9.81. The van der Waals surface area contributed by atoms with Crippen molar-refractivity contribution >= 4 is 29.7 Å². The number of carbonyl (C=O) groups excluding carboxylic acids is 3. The summed E-state index contributed by atoms with van der Waals surface area (Å²) in [5, 5.41) is 17.2. The maximum atomic E-state index is 13.5. The fourth-order valence-corrected chi connectivity index (χ4v) is 6.27. The Labute approximate surface area is 285 Å². The molecule has 0 bridgehead atoms. The first-order valence-electron chi connectivity index (χ1n) is 16.6. The quantitative estimate of drug-likeness (QED) is 0.162. The molecule has 2 aliphatic rings. The number of anilines is 1. The number of rotatable bonds is 10. The third-order valence-electron chi connectivity index (χ3n) is 8.92. The van der Waals surface area contributed by atoms with Crippen molar-refractivity contribution in [3.8, 4) is 5.75 Å². The number of pyridine rings is 1. The van der Waals surface area contributed by atoms with E-state index in [0.29, 0.717) is 42.3 Å². The lowest BCUT2D eigenvalue weighted by Gasteiger charge is -2.34. The Bertz CT molecular complexity index is 1890. The SMILES string of the molecule is CN(C)CCNC(=O)c1nc(NC(=O)N[C@@]2(C=O)C=C[C@@H](Oc3ccc4nnc(C5CCCC5)n4c3)c3ccccc32)cc(C(C)(C)C)n1. The average Bonchev–Trinajstić information content (AvgIpc) is 3.75. The van der Waals surface area contributed by atoms with E-state index < -0.39 is 29.0 Å². The number of urea groups is 1. The summed E-state index contributed by atoms with van der Waals surface area (Å²) >= 11 is 0. The van der Waals surface area contributed by atoms with Crippen LogP contribution in [0.1, 0.15) is 91.7 Å². The van der Waals surface area contributed by atoms with Crippen LogP contribution in [0.4, 0.5) is 10.6 Å². The van der Waals surface area contributed by atoms with E-state index in [9.17, 15) is 14.4 Å². The van der Waals surface area contributed by atoms with Crippen molar-refractivity contribution in [2.45, 2.75) is 69.4 Å². The Balaban J connectivity index is 1.22. The smallest absolute Gasteiger partial charge is 0.321 e. The minimum atomic E-state index is -1.49. The molecule has 0 saturated heterocycles. The van der Waals surface area contributed by atoms with E-state index in [2.05, 4.69) is 36.1 Å². The van der Waals surface area contributed by atoms with Gasteiger partial charge in [0.1, 0.15) is 29.0 Å². The summed E-state index contributed by atoms with van der Waals surface area (Å²) in [5.74, 6) is 1.57. The van der Waals surface area contributed by atoms with E-state index in [0.717, 1.165) is 29.9 Å². The Morgan fingerprint density at radius 2 is 1.86 bits per heavy atom. The maximum Gasteiger partial charge on any atom is 0.321 e. The molecule has 0 radical (unpaired) electrons. The second-order valence-electron chi connectivity index (χ2n) is 14.0. The van der Waals surface area contributed by atoms with Crippen molar-refractivity contribution in [2.24, 2.45) is 0 Å². The van der Waals surface area contributed by atoms with Crippen molar-refractivity contribution in [3.05, 3.63) is 89.3 Å². The molecule has 1 aromatic carbocycles. The van der Waals surface area contributed by atoms with Gasteiger partial charge in [0.05, 0.1) is 11.9 Å². The van der Waals surface area contributed by atoms with Crippen LogP contribution >= 0.6 is 0 Å². The molecule has 3 aromatic heterocycles. The van der Waals surface area contributed by atoms with E-state index >= 15 is 0 Å². The van der Waals surface area contributed by atoms with E-state index in [-0.39, 0.29) is 11.6 Å². The van der Waals surface area contributed by atoms with Crippen molar-refractivity contribution in [3.63, 3.8) is 0 Å². The third kappa shape index (κ3) is 7.31. The van der Waals surface area contributed by atoms with Gasteiger partial charge in [0.25, 0.3) is 5.91 Å². The Kier molecular flexibility index (Phi) is 9.46. The van der Waals surface area contributed by atoms with Crippen LogP contribution in [0, 0.1) is 0 Å². The molecule has 0 spiro atoms. The highest BCUT2D eigenvalue weighted by Gasteiger charge is 2.38. The highest BCUT2D eigenvalue weighted by molar-refractivity contribution is 5.94. The fourth-order valence-electron chi connectivity index (χ4n) is 6.27. The van der Waals surface area contributed by atoms with Gasteiger partial charge in [0.2, 0.25) is 5.82 Å².